The van der Waals surface area contributed by atoms with Gasteiger partial charge >= 0.3 is 0 Å². The second kappa shape index (κ2) is 2.99. The zero-order valence-corrected chi connectivity index (χ0v) is 5.54. The lowest BCUT2D eigenvalue weighted by Gasteiger charge is -1.99. The summed E-state index contributed by atoms with van der Waals surface area (Å²) in [6.07, 6.45) is 0. The van der Waals surface area contributed by atoms with Crippen LogP contribution >= 0.6 is 0 Å². The summed E-state index contributed by atoms with van der Waals surface area (Å²) >= 11 is 0. The Labute approximate surface area is 62.8 Å². The zero-order valence-electron chi connectivity index (χ0n) is 5.54. The summed E-state index contributed by atoms with van der Waals surface area (Å²) < 4.78 is 12.7. The smallest absolute Gasteiger partial charge is 0.167 e. The van der Waals surface area contributed by atoms with Crippen LogP contribution in [0, 0.1) is 17.1 Å². The van der Waals surface area contributed by atoms with Crippen LogP contribution in [0.25, 0.3) is 0 Å². The molecule has 56 valence electrons. The van der Waals surface area contributed by atoms with Gasteiger partial charge in [-0.05, 0) is 12.1 Å². The minimum atomic E-state index is -0.629. The monoisotopic (exact) mass is 152 g/mol. The summed E-state index contributed by atoms with van der Waals surface area (Å²) in [6.45, 7) is 0. The van der Waals surface area contributed by atoms with Gasteiger partial charge < -0.3 is 4.84 Å². The summed E-state index contributed by atoms with van der Waals surface area (Å²) in [5.74, 6) is 4.20. The van der Waals surface area contributed by atoms with Crippen LogP contribution in [0.3, 0.4) is 0 Å². The van der Waals surface area contributed by atoms with Crippen LogP contribution in [0.2, 0.25) is 0 Å². The van der Waals surface area contributed by atoms with Crippen LogP contribution < -0.4 is 10.7 Å². The van der Waals surface area contributed by atoms with Gasteiger partial charge in [0.15, 0.2) is 5.75 Å². The van der Waals surface area contributed by atoms with Crippen molar-refractivity contribution in [3.63, 3.8) is 0 Å². The lowest BCUT2D eigenvalue weighted by molar-refractivity contribution is 0.331. The fourth-order valence-electron chi connectivity index (χ4n) is 0.711. The number of rotatable bonds is 1. The highest BCUT2D eigenvalue weighted by atomic mass is 19.1. The molecule has 0 bridgehead atoms. The van der Waals surface area contributed by atoms with Crippen LogP contribution in [-0.2, 0) is 0 Å². The molecular formula is C7H5FN2O. The quantitative estimate of drug-likeness (QED) is 0.609. The van der Waals surface area contributed by atoms with E-state index in [-0.39, 0.29) is 11.3 Å². The Morgan fingerprint density at radius 3 is 2.73 bits per heavy atom. The summed E-state index contributed by atoms with van der Waals surface area (Å²) in [5.41, 5.74) is -0.171. The molecule has 2 N–H and O–H groups in total. The van der Waals surface area contributed by atoms with E-state index in [0.717, 1.165) is 0 Å². The van der Waals surface area contributed by atoms with Gasteiger partial charge in [0.1, 0.15) is 17.4 Å². The van der Waals surface area contributed by atoms with Gasteiger partial charge in [0.25, 0.3) is 0 Å². The summed E-state index contributed by atoms with van der Waals surface area (Å²) in [5, 5.41) is 8.40. The van der Waals surface area contributed by atoms with Crippen molar-refractivity contribution >= 4 is 0 Å². The Morgan fingerprint density at radius 2 is 2.27 bits per heavy atom. The average Bonchev–Trinajstić information content (AvgIpc) is 2.04. The molecule has 4 heteroatoms. The molecule has 0 radical (unpaired) electrons. The van der Waals surface area contributed by atoms with Crippen LogP contribution in [0.5, 0.6) is 5.75 Å². The molecule has 11 heavy (non-hydrogen) atoms. The van der Waals surface area contributed by atoms with E-state index in [4.69, 9.17) is 11.2 Å². The molecule has 0 heterocycles. The lowest BCUT2D eigenvalue weighted by atomic mass is 10.2. The third-order valence-corrected chi connectivity index (χ3v) is 1.21. The Hall–Kier alpha value is -1.60. The molecular weight excluding hydrogens is 147 g/mol. The van der Waals surface area contributed by atoms with E-state index in [1.54, 1.807) is 6.07 Å². The second-order valence-corrected chi connectivity index (χ2v) is 1.84. The number of nitriles is 1. The van der Waals surface area contributed by atoms with Crippen LogP contribution in [-0.4, -0.2) is 0 Å². The van der Waals surface area contributed by atoms with E-state index in [9.17, 15) is 4.39 Å². The molecule has 0 aliphatic carbocycles. The Kier molecular flexibility index (Phi) is 2.04. The minimum absolute atomic E-state index is 0.0486. The summed E-state index contributed by atoms with van der Waals surface area (Å²) in [6, 6.07) is 5.64. The summed E-state index contributed by atoms with van der Waals surface area (Å²) in [4.78, 5) is 4.25. The minimum Gasteiger partial charge on any atom is -0.410 e. The number of nitrogens with two attached hydrogens (primary N) is 1. The SMILES string of the molecule is N#Cc1c(F)cccc1ON. The first-order valence-electron chi connectivity index (χ1n) is 2.85. The van der Waals surface area contributed by atoms with Crippen molar-refractivity contribution in [1.29, 1.82) is 5.26 Å². The number of hydrogen-bond donors (Lipinski definition) is 1. The van der Waals surface area contributed by atoms with Crippen molar-refractivity contribution in [2.75, 3.05) is 0 Å². The number of halogens is 1. The standard InChI is InChI=1S/C7H5FN2O/c8-6-2-1-3-7(11-10)5(6)4-9/h1-3H,10H2. The van der Waals surface area contributed by atoms with E-state index in [1.165, 1.54) is 18.2 Å². The maximum atomic E-state index is 12.7. The molecule has 0 aliphatic heterocycles. The number of benzene rings is 1. The van der Waals surface area contributed by atoms with E-state index < -0.39 is 5.82 Å². The second-order valence-electron chi connectivity index (χ2n) is 1.84. The molecule has 0 saturated carbocycles. The first-order valence-corrected chi connectivity index (χ1v) is 2.85. The van der Waals surface area contributed by atoms with Crippen molar-refractivity contribution in [3.05, 3.63) is 29.6 Å². The molecule has 0 spiro atoms. The van der Waals surface area contributed by atoms with Crippen molar-refractivity contribution in [1.82, 2.24) is 0 Å². The molecule has 0 fully saturated rings. The van der Waals surface area contributed by atoms with Crippen molar-refractivity contribution in [3.8, 4) is 11.8 Å². The Bertz CT molecular complexity index is 306. The lowest BCUT2D eigenvalue weighted by Crippen LogP contribution is -2.04. The molecule has 0 aliphatic rings. The highest BCUT2D eigenvalue weighted by Crippen LogP contribution is 2.18. The first-order chi connectivity index (χ1) is 5.29. The van der Waals surface area contributed by atoms with Gasteiger partial charge in [-0.25, -0.2) is 4.39 Å². The fraction of sp³-hybridized carbons (Fsp3) is 0. The van der Waals surface area contributed by atoms with E-state index >= 15 is 0 Å². The van der Waals surface area contributed by atoms with Gasteiger partial charge in [0, 0.05) is 0 Å². The van der Waals surface area contributed by atoms with E-state index in [1.807, 2.05) is 0 Å². The van der Waals surface area contributed by atoms with Gasteiger partial charge in [-0.1, -0.05) is 6.07 Å². The predicted molar refractivity (Wildman–Crippen MR) is 35.9 cm³/mol. The molecule has 0 saturated heterocycles. The Morgan fingerprint density at radius 1 is 1.55 bits per heavy atom. The van der Waals surface area contributed by atoms with Crippen molar-refractivity contribution in [2.45, 2.75) is 0 Å². The first kappa shape index (κ1) is 7.51. The van der Waals surface area contributed by atoms with Crippen molar-refractivity contribution in [2.24, 2.45) is 5.90 Å². The topological polar surface area (TPSA) is 59.0 Å². The molecule has 0 atom stereocenters. The summed E-state index contributed by atoms with van der Waals surface area (Å²) in [7, 11) is 0. The third kappa shape index (κ3) is 1.28. The van der Waals surface area contributed by atoms with Crippen LogP contribution in [0.4, 0.5) is 4.39 Å². The normalized spacial score (nSPS) is 8.82. The Balaban J connectivity index is 3.27. The van der Waals surface area contributed by atoms with E-state index in [0.29, 0.717) is 0 Å². The fourth-order valence-corrected chi connectivity index (χ4v) is 0.711. The zero-order chi connectivity index (χ0) is 8.27. The van der Waals surface area contributed by atoms with Crippen LogP contribution in [0.1, 0.15) is 5.56 Å². The number of hydrogen-bond acceptors (Lipinski definition) is 3. The van der Waals surface area contributed by atoms with Gasteiger partial charge in [-0.3, -0.25) is 0 Å². The highest BCUT2D eigenvalue weighted by molar-refractivity contribution is 5.43. The molecule has 1 rings (SSSR count). The molecule has 0 amide bonds. The van der Waals surface area contributed by atoms with Crippen LogP contribution in [0.15, 0.2) is 18.2 Å². The molecule has 1 aromatic carbocycles. The largest absolute Gasteiger partial charge is 0.410 e. The van der Waals surface area contributed by atoms with Crippen molar-refractivity contribution < 1.29 is 9.23 Å². The third-order valence-electron chi connectivity index (χ3n) is 1.21. The average molecular weight is 152 g/mol. The molecule has 0 aromatic heterocycles. The molecule has 3 nitrogen and oxygen atoms in total. The van der Waals surface area contributed by atoms with Gasteiger partial charge in [-0.15, -0.1) is 0 Å². The molecule has 0 unspecified atom stereocenters. The van der Waals surface area contributed by atoms with Gasteiger partial charge in [-0.2, -0.15) is 11.2 Å². The van der Waals surface area contributed by atoms with Gasteiger partial charge in [0.2, 0.25) is 0 Å². The van der Waals surface area contributed by atoms with Gasteiger partial charge in [0.05, 0.1) is 0 Å². The highest BCUT2D eigenvalue weighted by Gasteiger charge is 2.06. The van der Waals surface area contributed by atoms with E-state index in [2.05, 4.69) is 4.84 Å². The maximum Gasteiger partial charge on any atom is 0.167 e. The number of nitrogens with zero attached hydrogens (tertiary/aromatic N) is 1. The predicted octanol–water partition coefficient (Wildman–Crippen LogP) is 0.950. The maximum absolute atomic E-state index is 12.7. The molecule has 1 aromatic rings.